The fourth-order valence-electron chi connectivity index (χ4n) is 5.39. The second-order valence-corrected chi connectivity index (χ2v) is 10.6. The summed E-state index contributed by atoms with van der Waals surface area (Å²) in [6.45, 7) is 4.09. The number of nitrogens with zero attached hydrogens (tertiary/aromatic N) is 2. The third-order valence-corrected chi connectivity index (χ3v) is 8.93. The van der Waals surface area contributed by atoms with Gasteiger partial charge in [0.2, 0.25) is 0 Å². The van der Waals surface area contributed by atoms with E-state index in [4.69, 9.17) is 4.74 Å². The molecule has 0 aliphatic carbocycles. The minimum Gasteiger partial charge on any atom is -0.497 e. The Hall–Kier alpha value is -3.37. The van der Waals surface area contributed by atoms with Crippen LogP contribution in [0.25, 0.3) is 0 Å². The number of thioether (sulfide) groups is 1. The van der Waals surface area contributed by atoms with E-state index < -0.39 is 0 Å². The van der Waals surface area contributed by atoms with Crippen LogP contribution in [-0.4, -0.2) is 33.3 Å². The van der Waals surface area contributed by atoms with Gasteiger partial charge in [-0.15, -0.1) is 11.8 Å². The van der Waals surface area contributed by atoms with Crippen molar-refractivity contribution in [3.8, 4) is 5.75 Å². The Bertz CT molecular complexity index is 1250. The van der Waals surface area contributed by atoms with Crippen molar-refractivity contribution in [1.82, 2.24) is 0 Å². The average molecular weight is 479 g/mol. The maximum absolute atomic E-state index is 5.30. The van der Waals surface area contributed by atoms with Crippen LogP contribution in [0.3, 0.4) is 0 Å². The number of methoxy groups -OCH3 is 1. The topological polar surface area (TPSA) is 15.7 Å². The van der Waals surface area contributed by atoms with E-state index in [0.717, 1.165) is 38.3 Å². The molecule has 0 N–H and O–H groups in total. The predicted molar refractivity (Wildman–Crippen MR) is 147 cm³/mol. The molecule has 3 nitrogen and oxygen atoms in total. The predicted octanol–water partition coefficient (Wildman–Crippen LogP) is 6.61. The van der Waals surface area contributed by atoms with E-state index in [9.17, 15) is 0 Å². The maximum Gasteiger partial charge on any atom is 0.119 e. The van der Waals surface area contributed by atoms with Crippen molar-refractivity contribution in [2.75, 3.05) is 43.1 Å². The molecule has 4 aromatic rings. The van der Waals surface area contributed by atoms with Gasteiger partial charge in [0.15, 0.2) is 0 Å². The van der Waals surface area contributed by atoms with Crippen LogP contribution in [-0.2, 0) is 11.2 Å². The molecule has 1 fully saturated rings. The third-order valence-electron chi connectivity index (χ3n) is 7.35. The first-order valence-corrected chi connectivity index (χ1v) is 13.1. The van der Waals surface area contributed by atoms with Crippen molar-refractivity contribution >= 4 is 23.1 Å². The normalized spacial score (nSPS) is 19.5. The summed E-state index contributed by atoms with van der Waals surface area (Å²) in [7, 11) is 1.71. The van der Waals surface area contributed by atoms with Gasteiger partial charge in [0.1, 0.15) is 5.75 Å². The maximum atomic E-state index is 5.30. The lowest BCUT2D eigenvalue weighted by Crippen LogP contribution is -2.46. The molecule has 2 aliphatic heterocycles. The van der Waals surface area contributed by atoms with Gasteiger partial charge in [-0.2, -0.15) is 0 Å². The highest BCUT2D eigenvalue weighted by Gasteiger charge is 2.41. The van der Waals surface area contributed by atoms with Crippen LogP contribution in [0.5, 0.6) is 5.75 Å². The van der Waals surface area contributed by atoms with Crippen LogP contribution < -0.4 is 14.5 Å². The van der Waals surface area contributed by atoms with Crippen molar-refractivity contribution < 1.29 is 4.74 Å². The lowest BCUT2D eigenvalue weighted by atomic mass is 9.85. The van der Waals surface area contributed by atoms with Crippen LogP contribution in [0.15, 0.2) is 108 Å². The van der Waals surface area contributed by atoms with Crippen LogP contribution in [0.4, 0.5) is 11.4 Å². The number of hydrogen-bond donors (Lipinski definition) is 0. The van der Waals surface area contributed by atoms with Crippen molar-refractivity contribution in [1.29, 1.82) is 0 Å². The summed E-state index contributed by atoms with van der Waals surface area (Å²) in [4.78, 5) is 6.37. The molecule has 2 aliphatic rings. The third kappa shape index (κ3) is 4.17. The first kappa shape index (κ1) is 22.1. The van der Waals surface area contributed by atoms with E-state index in [0.29, 0.717) is 0 Å². The Balaban J connectivity index is 1.21. The average Bonchev–Trinajstić information content (AvgIpc) is 3.35. The van der Waals surface area contributed by atoms with E-state index in [2.05, 4.69) is 101 Å². The number of anilines is 2. The van der Waals surface area contributed by atoms with Gasteiger partial charge in [0.05, 0.1) is 11.9 Å². The van der Waals surface area contributed by atoms with E-state index in [-0.39, 0.29) is 4.75 Å². The minimum atomic E-state index is -0.0729. The van der Waals surface area contributed by atoms with E-state index in [1.54, 1.807) is 7.11 Å². The van der Waals surface area contributed by atoms with Gasteiger partial charge >= 0.3 is 0 Å². The lowest BCUT2D eigenvalue weighted by Gasteiger charge is -2.38. The summed E-state index contributed by atoms with van der Waals surface area (Å²) >= 11 is 2.00. The second kappa shape index (κ2) is 9.35. The number of fused-ring (bicyclic) bond motifs is 1. The van der Waals surface area contributed by atoms with Crippen molar-refractivity contribution in [2.45, 2.75) is 16.1 Å². The Morgan fingerprint density at radius 1 is 0.629 bits per heavy atom. The molecule has 4 aromatic carbocycles. The molecule has 176 valence electrons. The van der Waals surface area contributed by atoms with Gasteiger partial charge in [-0.3, -0.25) is 0 Å². The Kier molecular flexibility index (Phi) is 5.91. The highest BCUT2D eigenvalue weighted by molar-refractivity contribution is 8.00. The molecule has 0 amide bonds. The van der Waals surface area contributed by atoms with Crippen molar-refractivity contribution in [2.24, 2.45) is 0 Å². The molecule has 35 heavy (non-hydrogen) atoms. The fourth-order valence-corrected chi connectivity index (χ4v) is 6.92. The molecular weight excluding hydrogens is 448 g/mol. The van der Waals surface area contributed by atoms with E-state index >= 15 is 0 Å². The number of rotatable bonds is 5. The largest absolute Gasteiger partial charge is 0.497 e. The van der Waals surface area contributed by atoms with Crippen LogP contribution in [0.1, 0.15) is 16.7 Å². The zero-order valence-electron chi connectivity index (χ0n) is 20.1. The van der Waals surface area contributed by atoms with Gasteiger partial charge in [0, 0.05) is 42.4 Å². The van der Waals surface area contributed by atoms with Gasteiger partial charge in [0.25, 0.3) is 0 Å². The van der Waals surface area contributed by atoms with Gasteiger partial charge in [-0.1, -0.05) is 60.7 Å². The SMILES string of the molecule is COc1ccc(N2CCN(c3ccc(C4(c5ccccc5)Cc5ccccc5S4)cc3)CC2)cc1. The van der Waals surface area contributed by atoms with Gasteiger partial charge < -0.3 is 14.5 Å². The lowest BCUT2D eigenvalue weighted by molar-refractivity contribution is 0.415. The summed E-state index contributed by atoms with van der Waals surface area (Å²) in [5, 5.41) is 0. The van der Waals surface area contributed by atoms with E-state index in [1.807, 2.05) is 23.9 Å². The van der Waals surface area contributed by atoms with Crippen LogP contribution in [0, 0.1) is 0 Å². The smallest absolute Gasteiger partial charge is 0.119 e. The molecule has 0 spiro atoms. The molecule has 0 saturated carbocycles. The first-order chi connectivity index (χ1) is 17.2. The quantitative estimate of drug-likeness (QED) is 0.320. The molecule has 4 heteroatoms. The van der Waals surface area contributed by atoms with E-state index in [1.165, 1.54) is 33.0 Å². The Labute approximate surface area is 212 Å². The standard InChI is InChI=1S/C31H30N2OS/c1-34-29-17-15-28(16-18-29)33-21-19-32(20-22-33)27-13-11-26(12-14-27)31(25-8-3-2-4-9-25)23-24-7-5-6-10-30(24)35-31/h2-18H,19-23H2,1H3. The van der Waals surface area contributed by atoms with Crippen molar-refractivity contribution in [3.63, 3.8) is 0 Å². The molecule has 0 aromatic heterocycles. The minimum absolute atomic E-state index is 0.0729. The van der Waals surface area contributed by atoms with Gasteiger partial charge in [-0.25, -0.2) is 0 Å². The first-order valence-electron chi connectivity index (χ1n) is 12.3. The Morgan fingerprint density at radius 3 is 1.77 bits per heavy atom. The highest BCUT2D eigenvalue weighted by atomic mass is 32.2. The fraction of sp³-hybridized carbons (Fsp3) is 0.226. The van der Waals surface area contributed by atoms with Crippen LogP contribution >= 0.6 is 11.8 Å². The molecule has 1 unspecified atom stereocenters. The summed E-state index contributed by atoms with van der Waals surface area (Å²) in [5.41, 5.74) is 6.78. The summed E-state index contributed by atoms with van der Waals surface area (Å²) < 4.78 is 5.23. The molecular formula is C31H30N2OS. The van der Waals surface area contributed by atoms with Crippen molar-refractivity contribution in [3.05, 3.63) is 120 Å². The zero-order valence-corrected chi connectivity index (χ0v) is 20.9. The monoisotopic (exact) mass is 478 g/mol. The number of piperazine rings is 1. The summed E-state index contributed by atoms with van der Waals surface area (Å²) in [6.07, 6.45) is 1.03. The molecule has 6 rings (SSSR count). The van der Waals surface area contributed by atoms with Gasteiger partial charge in [-0.05, 0) is 65.6 Å². The summed E-state index contributed by atoms with van der Waals surface area (Å²) in [5.74, 6) is 0.907. The zero-order chi connectivity index (χ0) is 23.7. The number of ether oxygens (including phenoxy) is 1. The number of hydrogen-bond acceptors (Lipinski definition) is 4. The molecule has 1 atom stereocenters. The van der Waals surface area contributed by atoms with Crippen LogP contribution in [0.2, 0.25) is 0 Å². The molecule has 0 bridgehead atoms. The summed E-state index contributed by atoms with van der Waals surface area (Å²) in [6, 6.07) is 37.6. The second-order valence-electron chi connectivity index (χ2n) is 9.30. The Morgan fingerprint density at radius 2 is 1.17 bits per heavy atom. The molecule has 2 heterocycles. The number of benzene rings is 4. The molecule has 1 saturated heterocycles. The molecule has 0 radical (unpaired) electrons. The highest BCUT2D eigenvalue weighted by Crippen LogP contribution is 2.55.